The molecule has 114 valence electrons. The summed E-state index contributed by atoms with van der Waals surface area (Å²) in [7, 11) is 0. The van der Waals surface area contributed by atoms with E-state index in [-0.39, 0.29) is 0 Å². The fourth-order valence-corrected chi connectivity index (χ4v) is 3.43. The zero-order valence-electron chi connectivity index (χ0n) is 12.9. The molecule has 0 heterocycles. The molecule has 0 fully saturated rings. The van der Waals surface area contributed by atoms with Gasteiger partial charge in [-0.25, -0.2) is 0 Å². The summed E-state index contributed by atoms with van der Waals surface area (Å²) in [6, 6.07) is 6.08. The topological polar surface area (TPSA) is 116 Å². The Labute approximate surface area is 130 Å². The Bertz CT molecular complexity index is 805. The Balaban J connectivity index is 2.53. The normalized spacial score (nSPS) is 14.5. The van der Waals surface area contributed by atoms with Crippen molar-refractivity contribution < 1.29 is 0 Å². The second-order valence-electron chi connectivity index (χ2n) is 5.83. The summed E-state index contributed by atoms with van der Waals surface area (Å²) in [5.74, 6) is 0. The minimum absolute atomic E-state index is 0.397. The van der Waals surface area contributed by atoms with Gasteiger partial charge in [-0.15, -0.1) is 0 Å². The lowest BCUT2D eigenvalue weighted by Crippen LogP contribution is -2.46. The predicted molar refractivity (Wildman–Crippen MR) is 93.2 cm³/mol. The van der Waals surface area contributed by atoms with Gasteiger partial charge in [-0.3, -0.25) is 4.99 Å². The molecule has 0 radical (unpaired) electrons. The number of nitrogen functional groups attached to an aromatic ring is 2. The van der Waals surface area contributed by atoms with Crippen LogP contribution in [0.3, 0.4) is 0 Å². The maximum Gasteiger partial charge on any atom is 0.120 e. The van der Waals surface area contributed by atoms with Gasteiger partial charge >= 0.3 is 0 Å². The van der Waals surface area contributed by atoms with Crippen molar-refractivity contribution in [3.8, 4) is 11.1 Å². The van der Waals surface area contributed by atoms with Gasteiger partial charge in [0.1, 0.15) is 5.66 Å². The third-order valence-corrected chi connectivity index (χ3v) is 4.47. The largest absolute Gasteiger partial charge is 0.397 e. The summed E-state index contributed by atoms with van der Waals surface area (Å²) in [5, 5.41) is 0. The SMILES string of the molecule is C=Nc1c(N)c(N)c2c(c1CC)-c1ccc(C)cc1C2(N)N. The maximum atomic E-state index is 6.45. The zero-order valence-corrected chi connectivity index (χ0v) is 12.9. The Hall–Kier alpha value is -2.37. The third kappa shape index (κ3) is 1.63. The smallest absolute Gasteiger partial charge is 0.120 e. The Morgan fingerprint density at radius 1 is 1.18 bits per heavy atom. The molecule has 0 saturated carbocycles. The zero-order chi connectivity index (χ0) is 16.2. The van der Waals surface area contributed by atoms with Crippen LogP contribution in [0.25, 0.3) is 11.1 Å². The molecule has 0 amide bonds. The van der Waals surface area contributed by atoms with Crippen molar-refractivity contribution in [1.29, 1.82) is 0 Å². The molecule has 0 aromatic heterocycles. The molecule has 22 heavy (non-hydrogen) atoms. The van der Waals surface area contributed by atoms with Gasteiger partial charge < -0.3 is 22.9 Å². The Morgan fingerprint density at radius 3 is 2.45 bits per heavy atom. The van der Waals surface area contributed by atoms with Crippen LogP contribution in [0.5, 0.6) is 0 Å². The predicted octanol–water partition coefficient (Wildman–Crippen LogP) is 2.15. The lowest BCUT2D eigenvalue weighted by atomic mass is 9.91. The van der Waals surface area contributed by atoms with Crippen LogP contribution in [0.2, 0.25) is 0 Å². The first-order valence-corrected chi connectivity index (χ1v) is 7.24. The van der Waals surface area contributed by atoms with E-state index in [0.29, 0.717) is 22.6 Å². The maximum absolute atomic E-state index is 6.45. The van der Waals surface area contributed by atoms with E-state index in [9.17, 15) is 0 Å². The highest BCUT2D eigenvalue weighted by molar-refractivity contribution is 5.97. The van der Waals surface area contributed by atoms with E-state index in [2.05, 4.69) is 11.7 Å². The van der Waals surface area contributed by atoms with E-state index < -0.39 is 5.66 Å². The molecule has 0 saturated heterocycles. The number of hydrogen-bond acceptors (Lipinski definition) is 5. The average molecular weight is 295 g/mol. The standard InChI is InChI=1S/C17H21N5/c1-4-9-12-10-6-5-8(2)7-11(10)17(20,21)13(12)14(18)15(19)16(9)22-3/h5-7H,3-4,18-21H2,1-2H3. The monoisotopic (exact) mass is 295 g/mol. The van der Waals surface area contributed by atoms with E-state index >= 15 is 0 Å². The first kappa shape index (κ1) is 14.6. The van der Waals surface area contributed by atoms with Gasteiger partial charge in [-0.2, -0.15) is 0 Å². The van der Waals surface area contributed by atoms with Crippen LogP contribution >= 0.6 is 0 Å². The molecule has 0 aliphatic heterocycles. The van der Waals surface area contributed by atoms with Crippen LogP contribution in [0, 0.1) is 6.92 Å². The van der Waals surface area contributed by atoms with Crippen molar-refractivity contribution >= 4 is 23.8 Å². The van der Waals surface area contributed by atoms with Gasteiger partial charge in [0.2, 0.25) is 0 Å². The second-order valence-corrected chi connectivity index (χ2v) is 5.83. The first-order chi connectivity index (χ1) is 10.3. The first-order valence-electron chi connectivity index (χ1n) is 7.24. The average Bonchev–Trinajstić information content (AvgIpc) is 2.70. The van der Waals surface area contributed by atoms with Crippen LogP contribution < -0.4 is 22.9 Å². The molecule has 2 aromatic rings. The molecular weight excluding hydrogens is 274 g/mol. The molecular formula is C17H21N5. The molecule has 8 N–H and O–H groups in total. The van der Waals surface area contributed by atoms with Gasteiger partial charge in [-0.1, -0.05) is 30.7 Å². The number of fused-ring (bicyclic) bond motifs is 3. The summed E-state index contributed by atoms with van der Waals surface area (Å²) < 4.78 is 0. The Morgan fingerprint density at radius 2 is 1.86 bits per heavy atom. The summed E-state index contributed by atoms with van der Waals surface area (Å²) in [6.45, 7) is 7.68. The fraction of sp³-hybridized carbons (Fsp3) is 0.235. The quantitative estimate of drug-likeness (QED) is 0.386. The highest BCUT2D eigenvalue weighted by Gasteiger charge is 2.41. The van der Waals surface area contributed by atoms with Crippen molar-refractivity contribution in [1.82, 2.24) is 0 Å². The van der Waals surface area contributed by atoms with Gasteiger partial charge in [0.25, 0.3) is 0 Å². The Kier molecular flexibility index (Phi) is 3.02. The minimum atomic E-state index is -1.15. The van der Waals surface area contributed by atoms with Crippen molar-refractivity contribution in [2.24, 2.45) is 16.5 Å². The molecule has 2 aromatic carbocycles. The van der Waals surface area contributed by atoms with Crippen LogP contribution in [0.1, 0.15) is 29.2 Å². The molecule has 1 aliphatic rings. The van der Waals surface area contributed by atoms with E-state index in [0.717, 1.165) is 34.2 Å². The summed E-state index contributed by atoms with van der Waals surface area (Å²) in [4.78, 5) is 4.08. The number of rotatable bonds is 2. The van der Waals surface area contributed by atoms with E-state index in [1.54, 1.807) is 0 Å². The third-order valence-electron chi connectivity index (χ3n) is 4.47. The molecule has 0 spiro atoms. The molecule has 1 aliphatic carbocycles. The number of aryl methyl sites for hydroxylation is 1. The number of hydrogen-bond donors (Lipinski definition) is 4. The van der Waals surface area contributed by atoms with Gasteiger partial charge in [-0.05, 0) is 42.3 Å². The van der Waals surface area contributed by atoms with E-state index in [4.69, 9.17) is 22.9 Å². The number of aliphatic imine (C=N–C) groups is 1. The molecule has 5 heteroatoms. The van der Waals surface area contributed by atoms with Crippen LogP contribution in [0.4, 0.5) is 17.1 Å². The van der Waals surface area contributed by atoms with Crippen molar-refractivity contribution in [3.63, 3.8) is 0 Å². The number of benzene rings is 2. The fourth-order valence-electron chi connectivity index (χ4n) is 3.43. The molecule has 3 rings (SSSR count). The second kappa shape index (κ2) is 4.56. The number of nitrogens with zero attached hydrogens (tertiary/aromatic N) is 1. The van der Waals surface area contributed by atoms with Crippen LogP contribution in [-0.4, -0.2) is 6.72 Å². The molecule has 0 unspecified atom stereocenters. The number of anilines is 2. The van der Waals surface area contributed by atoms with Gasteiger partial charge in [0, 0.05) is 5.56 Å². The molecule has 0 bridgehead atoms. The lowest BCUT2D eigenvalue weighted by molar-refractivity contribution is 0.585. The van der Waals surface area contributed by atoms with Crippen LogP contribution in [-0.2, 0) is 12.1 Å². The highest BCUT2D eigenvalue weighted by Crippen LogP contribution is 2.53. The van der Waals surface area contributed by atoms with Gasteiger partial charge in [0.05, 0.1) is 17.1 Å². The molecule has 5 nitrogen and oxygen atoms in total. The summed E-state index contributed by atoms with van der Waals surface area (Å²) >= 11 is 0. The molecule has 0 atom stereocenters. The highest BCUT2D eigenvalue weighted by atomic mass is 15.0. The summed E-state index contributed by atoms with van der Waals surface area (Å²) in [5.41, 5.74) is 31.2. The number of nitrogens with two attached hydrogens (primary N) is 4. The van der Waals surface area contributed by atoms with E-state index in [1.165, 1.54) is 0 Å². The van der Waals surface area contributed by atoms with Crippen molar-refractivity contribution in [2.45, 2.75) is 25.9 Å². The van der Waals surface area contributed by atoms with Gasteiger partial charge in [0.15, 0.2) is 0 Å². The minimum Gasteiger partial charge on any atom is -0.397 e. The lowest BCUT2D eigenvalue weighted by Gasteiger charge is -2.25. The van der Waals surface area contributed by atoms with Crippen molar-refractivity contribution in [2.75, 3.05) is 11.5 Å². The summed E-state index contributed by atoms with van der Waals surface area (Å²) in [6.07, 6.45) is 0.741. The van der Waals surface area contributed by atoms with E-state index in [1.807, 2.05) is 32.0 Å². The van der Waals surface area contributed by atoms with Crippen LogP contribution in [0.15, 0.2) is 23.2 Å². The van der Waals surface area contributed by atoms with Crippen molar-refractivity contribution in [3.05, 3.63) is 40.5 Å².